The van der Waals surface area contributed by atoms with Gasteiger partial charge in [-0.1, -0.05) is 12.1 Å². The van der Waals surface area contributed by atoms with Crippen LogP contribution in [0.4, 0.5) is 11.5 Å². The van der Waals surface area contributed by atoms with Gasteiger partial charge in [-0.3, -0.25) is 19.2 Å². The van der Waals surface area contributed by atoms with Crippen LogP contribution >= 0.6 is 0 Å². The van der Waals surface area contributed by atoms with E-state index in [0.717, 1.165) is 5.56 Å². The Labute approximate surface area is 245 Å². The second-order valence-electron chi connectivity index (χ2n) is 11.1. The van der Waals surface area contributed by atoms with Gasteiger partial charge in [0.2, 0.25) is 23.5 Å². The van der Waals surface area contributed by atoms with Crippen molar-refractivity contribution in [3.05, 3.63) is 53.4 Å². The standard InChI is InChI=1S/C31H39N5O6/c1-19-6-13-25(32-18-19)33-30(39)28-27(34-29(38)21-8-10-22(11-9-21)31(40)35(2)3)23-16-20(7-12-24(23)42-28)17-26(37)36(4)14-15-41-5/h6-7,12-13,16,18,21-22H,8-11,14-15,17H2,1-5H3,(H,34,38)(H,32,33,39). The number of aryl methyl sites for hydroxylation is 1. The molecule has 2 aromatic heterocycles. The monoisotopic (exact) mass is 577 g/mol. The Balaban J connectivity index is 1.60. The van der Waals surface area contributed by atoms with Crippen molar-refractivity contribution in [3.8, 4) is 0 Å². The van der Waals surface area contributed by atoms with Gasteiger partial charge in [-0.25, -0.2) is 4.98 Å². The molecule has 1 fully saturated rings. The number of pyridine rings is 1. The van der Waals surface area contributed by atoms with Gasteiger partial charge in [0.25, 0.3) is 5.91 Å². The summed E-state index contributed by atoms with van der Waals surface area (Å²) < 4.78 is 11.0. The summed E-state index contributed by atoms with van der Waals surface area (Å²) in [7, 11) is 6.77. The third-order valence-electron chi connectivity index (χ3n) is 7.66. The Morgan fingerprint density at radius 2 is 1.71 bits per heavy atom. The lowest BCUT2D eigenvalue weighted by Crippen LogP contribution is -2.35. The predicted octanol–water partition coefficient (Wildman–Crippen LogP) is 3.87. The molecule has 1 aromatic carbocycles. The minimum Gasteiger partial charge on any atom is -0.449 e. The van der Waals surface area contributed by atoms with Gasteiger partial charge in [0.05, 0.1) is 13.0 Å². The molecule has 4 amide bonds. The van der Waals surface area contributed by atoms with E-state index < -0.39 is 5.91 Å². The second kappa shape index (κ2) is 13.6. The lowest BCUT2D eigenvalue weighted by molar-refractivity contribution is -0.135. The molecule has 1 aliphatic rings. The quantitative estimate of drug-likeness (QED) is 0.374. The highest BCUT2D eigenvalue weighted by molar-refractivity contribution is 6.14. The number of hydrogen-bond donors (Lipinski definition) is 2. The third kappa shape index (κ3) is 7.33. The number of methoxy groups -OCH3 is 1. The van der Waals surface area contributed by atoms with E-state index in [1.54, 1.807) is 68.5 Å². The number of fused-ring (bicyclic) bond motifs is 1. The van der Waals surface area contributed by atoms with E-state index >= 15 is 0 Å². The normalized spacial score (nSPS) is 16.6. The molecule has 0 atom stereocenters. The number of aromatic nitrogens is 1. The molecule has 0 radical (unpaired) electrons. The first-order valence-corrected chi connectivity index (χ1v) is 14.1. The Bertz CT molecular complexity index is 1440. The predicted molar refractivity (Wildman–Crippen MR) is 159 cm³/mol. The van der Waals surface area contributed by atoms with Crippen LogP contribution < -0.4 is 10.6 Å². The second-order valence-corrected chi connectivity index (χ2v) is 11.1. The Hall–Kier alpha value is -4.25. The number of rotatable bonds is 10. The van der Waals surface area contributed by atoms with E-state index in [1.807, 2.05) is 13.0 Å². The van der Waals surface area contributed by atoms with Crippen LogP contribution in [0.5, 0.6) is 0 Å². The van der Waals surface area contributed by atoms with Crippen LogP contribution in [0.1, 0.15) is 47.4 Å². The largest absolute Gasteiger partial charge is 0.449 e. The Morgan fingerprint density at radius 3 is 2.36 bits per heavy atom. The number of nitrogens with zero attached hydrogens (tertiary/aromatic N) is 3. The van der Waals surface area contributed by atoms with Gasteiger partial charge in [0, 0.05) is 58.2 Å². The molecule has 224 valence electrons. The molecule has 3 aromatic rings. The summed E-state index contributed by atoms with van der Waals surface area (Å²) in [6.45, 7) is 2.79. The average Bonchev–Trinajstić information content (AvgIpc) is 3.34. The summed E-state index contributed by atoms with van der Waals surface area (Å²) in [6.07, 6.45) is 4.14. The first-order chi connectivity index (χ1) is 20.1. The zero-order valence-corrected chi connectivity index (χ0v) is 24.9. The van der Waals surface area contributed by atoms with Gasteiger partial charge in [-0.15, -0.1) is 0 Å². The lowest BCUT2D eigenvalue weighted by atomic mass is 9.81. The number of ether oxygens (including phenoxy) is 1. The van der Waals surface area contributed by atoms with Crippen LogP contribution in [-0.4, -0.2) is 79.8 Å². The lowest BCUT2D eigenvalue weighted by Gasteiger charge is -2.28. The maximum atomic E-state index is 13.5. The Morgan fingerprint density at radius 1 is 1.00 bits per heavy atom. The number of nitrogens with one attached hydrogen (secondary N) is 2. The minimum absolute atomic E-state index is 0.0575. The number of hydrogen-bond acceptors (Lipinski definition) is 7. The van der Waals surface area contributed by atoms with E-state index in [0.29, 0.717) is 61.2 Å². The third-order valence-corrected chi connectivity index (χ3v) is 7.66. The number of amides is 4. The van der Waals surface area contributed by atoms with Crippen LogP contribution in [0.3, 0.4) is 0 Å². The van der Waals surface area contributed by atoms with Gasteiger partial charge < -0.3 is 29.6 Å². The molecule has 4 rings (SSSR count). The number of benzene rings is 1. The molecule has 0 aliphatic heterocycles. The van der Waals surface area contributed by atoms with E-state index in [1.165, 1.54) is 0 Å². The molecule has 1 aliphatic carbocycles. The molecule has 2 N–H and O–H groups in total. The molecule has 42 heavy (non-hydrogen) atoms. The number of carbonyl (C=O) groups excluding carboxylic acids is 4. The van der Waals surface area contributed by atoms with Crippen molar-refractivity contribution in [1.29, 1.82) is 0 Å². The maximum Gasteiger partial charge on any atom is 0.294 e. The molecule has 0 spiro atoms. The summed E-state index contributed by atoms with van der Waals surface area (Å²) in [5.74, 6) is -0.928. The topological polar surface area (TPSA) is 134 Å². The van der Waals surface area contributed by atoms with Gasteiger partial charge in [-0.2, -0.15) is 0 Å². The average molecular weight is 578 g/mol. The summed E-state index contributed by atoms with van der Waals surface area (Å²) in [5.41, 5.74) is 2.30. The fraction of sp³-hybridized carbons (Fsp3) is 0.452. The summed E-state index contributed by atoms with van der Waals surface area (Å²) >= 11 is 0. The zero-order chi connectivity index (χ0) is 30.4. The van der Waals surface area contributed by atoms with Crippen LogP contribution in [0, 0.1) is 18.8 Å². The van der Waals surface area contributed by atoms with E-state index in [4.69, 9.17) is 9.15 Å². The maximum absolute atomic E-state index is 13.5. The first kappa shape index (κ1) is 30.7. The highest BCUT2D eigenvalue weighted by atomic mass is 16.5. The van der Waals surface area contributed by atoms with E-state index in [9.17, 15) is 19.2 Å². The van der Waals surface area contributed by atoms with Gasteiger partial charge in [0.1, 0.15) is 17.1 Å². The number of anilines is 2. The first-order valence-electron chi connectivity index (χ1n) is 14.1. The minimum atomic E-state index is -0.560. The highest BCUT2D eigenvalue weighted by Crippen LogP contribution is 2.35. The fourth-order valence-corrected chi connectivity index (χ4v) is 5.11. The fourth-order valence-electron chi connectivity index (χ4n) is 5.11. The van der Waals surface area contributed by atoms with Crippen molar-refractivity contribution in [2.45, 2.75) is 39.0 Å². The smallest absolute Gasteiger partial charge is 0.294 e. The molecule has 0 bridgehead atoms. The van der Waals surface area contributed by atoms with Crippen molar-refractivity contribution in [2.24, 2.45) is 11.8 Å². The molecule has 0 unspecified atom stereocenters. The number of likely N-dealkylation sites (N-methyl/N-ethyl adjacent to an activating group) is 1. The van der Waals surface area contributed by atoms with E-state index in [2.05, 4.69) is 15.6 Å². The summed E-state index contributed by atoms with van der Waals surface area (Å²) in [5, 5.41) is 6.22. The molecule has 11 nitrogen and oxygen atoms in total. The van der Waals surface area contributed by atoms with Gasteiger partial charge in [0.15, 0.2) is 0 Å². The number of furan rings is 1. The van der Waals surface area contributed by atoms with Gasteiger partial charge in [-0.05, 0) is 61.9 Å². The van der Waals surface area contributed by atoms with Crippen LogP contribution in [0.25, 0.3) is 11.0 Å². The van der Waals surface area contributed by atoms with Gasteiger partial charge >= 0.3 is 0 Å². The number of carbonyl (C=O) groups is 4. The molecule has 0 saturated heterocycles. The molecule has 1 saturated carbocycles. The van der Waals surface area contributed by atoms with E-state index in [-0.39, 0.29) is 47.4 Å². The van der Waals surface area contributed by atoms with Crippen molar-refractivity contribution in [1.82, 2.24) is 14.8 Å². The van der Waals surface area contributed by atoms with Crippen LogP contribution in [0.2, 0.25) is 0 Å². The van der Waals surface area contributed by atoms with Crippen molar-refractivity contribution < 1.29 is 28.3 Å². The highest BCUT2D eigenvalue weighted by Gasteiger charge is 2.32. The summed E-state index contributed by atoms with van der Waals surface area (Å²) in [4.78, 5) is 59.4. The van der Waals surface area contributed by atoms with Crippen molar-refractivity contribution in [3.63, 3.8) is 0 Å². The molecule has 2 heterocycles. The van der Waals surface area contributed by atoms with Crippen LogP contribution in [0.15, 0.2) is 40.9 Å². The zero-order valence-electron chi connectivity index (χ0n) is 24.9. The SMILES string of the molecule is COCCN(C)C(=O)Cc1ccc2oc(C(=O)Nc3ccc(C)cn3)c(NC(=O)C3CCC(C(=O)N(C)C)CC3)c2c1. The van der Waals surface area contributed by atoms with Crippen molar-refractivity contribution >= 4 is 46.1 Å². The molecular formula is C31H39N5O6. The van der Waals surface area contributed by atoms with Crippen LogP contribution in [-0.2, 0) is 25.5 Å². The molecular weight excluding hydrogens is 538 g/mol. The Kier molecular flexibility index (Phi) is 9.95. The van der Waals surface area contributed by atoms with Crippen molar-refractivity contribution in [2.75, 3.05) is 52.0 Å². The summed E-state index contributed by atoms with van der Waals surface area (Å²) in [6, 6.07) is 8.75. The molecule has 11 heteroatoms.